The predicted octanol–water partition coefficient (Wildman–Crippen LogP) is 4.60. The summed E-state index contributed by atoms with van der Waals surface area (Å²) in [5, 5.41) is 0.368. The highest BCUT2D eigenvalue weighted by Gasteiger charge is 2.32. The fraction of sp³-hybridized carbons (Fsp3) is 0.231. The minimum atomic E-state index is -3.71. The lowest BCUT2D eigenvalue weighted by Crippen LogP contribution is -2.44. The molecule has 1 N–H and O–H groups in total. The Labute approximate surface area is 146 Å². The van der Waals surface area contributed by atoms with E-state index in [1.165, 1.54) is 6.07 Å². The van der Waals surface area contributed by atoms with Crippen molar-refractivity contribution in [1.82, 2.24) is 4.72 Å². The quantitative estimate of drug-likeness (QED) is 0.707. The van der Waals surface area contributed by atoms with E-state index in [1.807, 2.05) is 30.3 Å². The molecule has 0 aliphatic carbocycles. The van der Waals surface area contributed by atoms with Crippen molar-refractivity contribution in [2.75, 3.05) is 5.88 Å². The highest BCUT2D eigenvalue weighted by atomic mass is 79.9. The lowest BCUT2D eigenvalue weighted by Gasteiger charge is -2.28. The van der Waals surface area contributed by atoms with E-state index in [1.54, 1.807) is 6.92 Å². The SMILES string of the molecule is CC(CCl)(NS(=O)(=O)c1cc(Cl)c(Br)s1)c1ccccc1. The highest BCUT2D eigenvalue weighted by molar-refractivity contribution is 9.11. The summed E-state index contributed by atoms with van der Waals surface area (Å²) in [6.45, 7) is 1.75. The average Bonchev–Trinajstić information content (AvgIpc) is 2.80. The minimum Gasteiger partial charge on any atom is -0.206 e. The van der Waals surface area contributed by atoms with Crippen LogP contribution in [0.15, 0.2) is 44.4 Å². The molecular weight excluding hydrogens is 417 g/mol. The van der Waals surface area contributed by atoms with Crippen LogP contribution >= 0.6 is 50.5 Å². The van der Waals surface area contributed by atoms with E-state index in [-0.39, 0.29) is 10.1 Å². The smallest absolute Gasteiger partial charge is 0.206 e. The van der Waals surface area contributed by atoms with Crippen molar-refractivity contribution in [1.29, 1.82) is 0 Å². The van der Waals surface area contributed by atoms with Crippen molar-refractivity contribution < 1.29 is 8.42 Å². The maximum Gasteiger partial charge on any atom is 0.250 e. The molecule has 3 nitrogen and oxygen atoms in total. The van der Waals surface area contributed by atoms with Crippen molar-refractivity contribution in [2.45, 2.75) is 16.7 Å². The van der Waals surface area contributed by atoms with Crippen molar-refractivity contribution >= 4 is 60.5 Å². The fourth-order valence-electron chi connectivity index (χ4n) is 1.78. The Balaban J connectivity index is 2.38. The summed E-state index contributed by atoms with van der Waals surface area (Å²) in [4.78, 5) is 0. The van der Waals surface area contributed by atoms with E-state index < -0.39 is 15.6 Å². The van der Waals surface area contributed by atoms with Gasteiger partial charge in [0.2, 0.25) is 0 Å². The second kappa shape index (κ2) is 6.56. The molecule has 0 radical (unpaired) electrons. The zero-order valence-electron chi connectivity index (χ0n) is 10.9. The van der Waals surface area contributed by atoms with Crippen LogP contribution in [0.1, 0.15) is 12.5 Å². The largest absolute Gasteiger partial charge is 0.250 e. The first-order valence-corrected chi connectivity index (χ1v) is 9.89. The molecule has 8 heteroatoms. The molecular formula is C13H12BrCl2NO2S2. The number of halogens is 3. The fourth-order valence-corrected chi connectivity index (χ4v) is 5.87. The molecule has 0 saturated heterocycles. The lowest BCUT2D eigenvalue weighted by molar-refractivity contribution is 0.478. The number of rotatable bonds is 5. The third-order valence-corrected chi connectivity index (χ3v) is 8.00. The van der Waals surface area contributed by atoms with Crippen LogP contribution in [0.3, 0.4) is 0 Å². The van der Waals surface area contributed by atoms with Gasteiger partial charge in [-0.15, -0.1) is 22.9 Å². The van der Waals surface area contributed by atoms with Crippen LogP contribution in [0.5, 0.6) is 0 Å². The number of alkyl halides is 1. The van der Waals surface area contributed by atoms with Gasteiger partial charge in [0, 0.05) is 5.88 Å². The van der Waals surface area contributed by atoms with Gasteiger partial charge in [-0.1, -0.05) is 41.9 Å². The molecule has 0 bridgehead atoms. The normalized spacial score (nSPS) is 14.9. The first-order chi connectivity index (χ1) is 9.78. The molecule has 2 rings (SSSR count). The van der Waals surface area contributed by atoms with Crippen LogP contribution in [0.2, 0.25) is 5.02 Å². The summed E-state index contributed by atoms with van der Waals surface area (Å²) in [7, 11) is -3.71. The lowest BCUT2D eigenvalue weighted by atomic mass is 9.96. The first kappa shape index (κ1) is 17.2. The molecule has 1 atom stereocenters. The summed E-state index contributed by atoms with van der Waals surface area (Å²) >= 11 is 16.2. The van der Waals surface area contributed by atoms with Crippen molar-refractivity contribution in [3.05, 3.63) is 50.8 Å². The molecule has 2 aromatic rings. The molecule has 0 fully saturated rings. The Morgan fingerprint density at radius 1 is 1.33 bits per heavy atom. The van der Waals surface area contributed by atoms with Crippen LogP contribution in [-0.2, 0) is 15.6 Å². The third kappa shape index (κ3) is 3.81. The summed E-state index contributed by atoms with van der Waals surface area (Å²) in [6.07, 6.45) is 0. The number of hydrogen-bond donors (Lipinski definition) is 1. The molecule has 0 amide bonds. The van der Waals surface area contributed by atoms with Gasteiger partial charge in [-0.05, 0) is 34.5 Å². The van der Waals surface area contributed by atoms with Crippen LogP contribution < -0.4 is 4.72 Å². The summed E-state index contributed by atoms with van der Waals surface area (Å²) in [6, 6.07) is 10.6. The highest BCUT2D eigenvalue weighted by Crippen LogP contribution is 2.35. The number of sulfonamides is 1. The van der Waals surface area contributed by atoms with Crippen molar-refractivity contribution in [2.24, 2.45) is 0 Å². The Bertz CT molecular complexity index is 714. The van der Waals surface area contributed by atoms with Gasteiger partial charge in [0.15, 0.2) is 0 Å². The average molecular weight is 429 g/mol. The molecule has 1 unspecified atom stereocenters. The van der Waals surface area contributed by atoms with Crippen LogP contribution in [0.25, 0.3) is 0 Å². The maximum atomic E-state index is 12.5. The predicted molar refractivity (Wildman–Crippen MR) is 91.9 cm³/mol. The summed E-state index contributed by atoms with van der Waals surface area (Å²) < 4.78 is 28.4. The summed E-state index contributed by atoms with van der Waals surface area (Å²) in [5.41, 5.74) is -0.102. The second-order valence-electron chi connectivity index (χ2n) is 4.62. The van der Waals surface area contributed by atoms with Gasteiger partial charge in [0.25, 0.3) is 10.0 Å². The first-order valence-electron chi connectivity index (χ1n) is 5.89. The van der Waals surface area contributed by atoms with Crippen molar-refractivity contribution in [3.63, 3.8) is 0 Å². The van der Waals surface area contributed by atoms with E-state index in [0.29, 0.717) is 8.81 Å². The zero-order valence-corrected chi connectivity index (χ0v) is 15.7. The number of benzene rings is 1. The number of nitrogens with one attached hydrogen (secondary N) is 1. The van der Waals surface area contributed by atoms with E-state index in [4.69, 9.17) is 23.2 Å². The number of hydrogen-bond acceptors (Lipinski definition) is 3. The van der Waals surface area contributed by atoms with Gasteiger partial charge in [0.1, 0.15) is 4.21 Å². The van der Waals surface area contributed by atoms with Crippen LogP contribution in [0, 0.1) is 0 Å². The van der Waals surface area contributed by atoms with Crippen LogP contribution in [-0.4, -0.2) is 14.3 Å². The van der Waals surface area contributed by atoms with Gasteiger partial charge in [0.05, 0.1) is 14.3 Å². The topological polar surface area (TPSA) is 46.2 Å². The zero-order chi connectivity index (χ0) is 15.7. The molecule has 1 aromatic carbocycles. The second-order valence-corrected chi connectivity index (χ2v) is 9.58. The van der Waals surface area contributed by atoms with Gasteiger partial charge < -0.3 is 0 Å². The van der Waals surface area contributed by atoms with E-state index in [9.17, 15) is 8.42 Å². The van der Waals surface area contributed by atoms with Crippen molar-refractivity contribution in [3.8, 4) is 0 Å². The monoisotopic (exact) mass is 427 g/mol. The van der Waals surface area contributed by atoms with Gasteiger partial charge in [-0.2, -0.15) is 4.72 Å². The molecule has 21 heavy (non-hydrogen) atoms. The Morgan fingerprint density at radius 2 is 1.95 bits per heavy atom. The van der Waals surface area contributed by atoms with Crippen LogP contribution in [0.4, 0.5) is 0 Å². The molecule has 1 aromatic heterocycles. The van der Waals surface area contributed by atoms with E-state index in [2.05, 4.69) is 20.7 Å². The molecule has 1 heterocycles. The van der Waals surface area contributed by atoms with E-state index in [0.717, 1.165) is 16.9 Å². The van der Waals surface area contributed by atoms with Gasteiger partial charge >= 0.3 is 0 Å². The summed E-state index contributed by atoms with van der Waals surface area (Å²) in [5.74, 6) is 0.108. The third-order valence-electron chi connectivity index (χ3n) is 2.93. The Morgan fingerprint density at radius 3 is 2.43 bits per heavy atom. The molecule has 0 spiro atoms. The molecule has 114 valence electrons. The minimum absolute atomic E-state index is 0.108. The number of thiophene rings is 1. The molecule has 0 aliphatic heterocycles. The standard InChI is InChI=1S/C13H12BrCl2NO2S2/c1-13(8-15,9-5-3-2-4-6-9)17-21(18,19)11-7-10(16)12(14)20-11/h2-7,17H,8H2,1H3. The van der Waals surface area contributed by atoms with Gasteiger partial charge in [-0.25, -0.2) is 8.42 Å². The Kier molecular flexibility index (Phi) is 5.39. The van der Waals surface area contributed by atoms with E-state index >= 15 is 0 Å². The molecule has 0 aliphatic rings. The Hall–Kier alpha value is -0.110. The van der Waals surface area contributed by atoms with Gasteiger partial charge in [-0.3, -0.25) is 0 Å². The molecule has 0 saturated carbocycles. The maximum absolute atomic E-state index is 12.5.